The maximum absolute atomic E-state index is 13.5. The molecule has 0 aromatic heterocycles. The summed E-state index contributed by atoms with van der Waals surface area (Å²) in [7, 11) is 2.04. The van der Waals surface area contributed by atoms with Gasteiger partial charge in [-0.3, -0.25) is 0 Å². The van der Waals surface area contributed by atoms with Crippen molar-refractivity contribution in [2.24, 2.45) is 5.92 Å². The number of nitrogens with one attached hydrogen (secondary N) is 1. The maximum atomic E-state index is 13.5. The average molecular weight is 250 g/mol. The van der Waals surface area contributed by atoms with Gasteiger partial charge in [0.05, 0.1) is 0 Å². The minimum Gasteiger partial charge on any atom is -0.313 e. The van der Waals surface area contributed by atoms with Crippen molar-refractivity contribution in [3.05, 3.63) is 35.6 Å². The molecule has 1 N–H and O–H groups in total. The van der Waals surface area contributed by atoms with E-state index >= 15 is 0 Å². The summed E-state index contributed by atoms with van der Waals surface area (Å²) in [6, 6.07) is 7.63. The van der Waals surface area contributed by atoms with E-state index in [4.69, 9.17) is 0 Å². The Morgan fingerprint density at radius 2 is 2.11 bits per heavy atom. The van der Waals surface area contributed by atoms with Gasteiger partial charge in [-0.05, 0) is 38.8 Å². The van der Waals surface area contributed by atoms with Gasteiger partial charge in [0.2, 0.25) is 0 Å². The minimum atomic E-state index is -0.108. The van der Waals surface area contributed by atoms with Crippen LogP contribution >= 0.6 is 0 Å². The quantitative estimate of drug-likeness (QED) is 0.800. The van der Waals surface area contributed by atoms with E-state index in [0.717, 1.165) is 24.6 Å². The van der Waals surface area contributed by atoms with E-state index in [-0.39, 0.29) is 5.82 Å². The van der Waals surface area contributed by atoms with Crippen molar-refractivity contribution in [3.8, 4) is 0 Å². The van der Waals surface area contributed by atoms with Gasteiger partial charge in [0.1, 0.15) is 5.82 Å². The van der Waals surface area contributed by atoms with Gasteiger partial charge in [-0.1, -0.05) is 18.2 Å². The fraction of sp³-hybridized carbons (Fsp3) is 0.600. The van der Waals surface area contributed by atoms with Crippen molar-refractivity contribution >= 4 is 0 Å². The first-order valence-electron chi connectivity index (χ1n) is 6.82. The second-order valence-corrected chi connectivity index (χ2v) is 5.41. The zero-order valence-corrected chi connectivity index (χ0v) is 11.3. The Morgan fingerprint density at radius 3 is 2.78 bits per heavy atom. The molecule has 1 aliphatic rings. The lowest BCUT2D eigenvalue weighted by atomic mass is 10.2. The van der Waals surface area contributed by atoms with Crippen LogP contribution in [0, 0.1) is 11.7 Å². The maximum Gasteiger partial charge on any atom is 0.127 e. The zero-order valence-electron chi connectivity index (χ0n) is 11.3. The van der Waals surface area contributed by atoms with Gasteiger partial charge in [0.15, 0.2) is 0 Å². The summed E-state index contributed by atoms with van der Waals surface area (Å²) in [5, 5.41) is 3.54. The van der Waals surface area contributed by atoms with Crippen LogP contribution in [0.25, 0.3) is 0 Å². The molecule has 0 amide bonds. The van der Waals surface area contributed by atoms with E-state index in [1.807, 2.05) is 19.2 Å². The monoisotopic (exact) mass is 250 g/mol. The Balaban J connectivity index is 1.68. The van der Waals surface area contributed by atoms with Crippen molar-refractivity contribution in [2.75, 3.05) is 20.1 Å². The van der Waals surface area contributed by atoms with Crippen LogP contribution in [0.3, 0.4) is 0 Å². The third kappa shape index (κ3) is 4.07. The molecule has 1 saturated carbocycles. The molecular weight excluding hydrogens is 227 g/mol. The lowest BCUT2D eigenvalue weighted by Crippen LogP contribution is -2.35. The van der Waals surface area contributed by atoms with Gasteiger partial charge in [-0.15, -0.1) is 0 Å². The molecule has 1 atom stereocenters. The van der Waals surface area contributed by atoms with Crippen LogP contribution in [0.15, 0.2) is 24.3 Å². The molecule has 0 radical (unpaired) electrons. The van der Waals surface area contributed by atoms with Gasteiger partial charge in [0.25, 0.3) is 0 Å². The first-order valence-corrected chi connectivity index (χ1v) is 6.82. The number of likely N-dealkylation sites (N-methyl/N-ethyl adjacent to an activating group) is 1. The fourth-order valence-corrected chi connectivity index (χ4v) is 2.24. The van der Waals surface area contributed by atoms with Gasteiger partial charge >= 0.3 is 0 Å². The van der Waals surface area contributed by atoms with Crippen LogP contribution in [0.2, 0.25) is 0 Å². The van der Waals surface area contributed by atoms with E-state index < -0.39 is 0 Å². The van der Waals surface area contributed by atoms with E-state index in [0.29, 0.717) is 12.6 Å². The molecule has 1 aliphatic carbocycles. The molecule has 0 heterocycles. The third-order valence-corrected chi connectivity index (χ3v) is 3.69. The summed E-state index contributed by atoms with van der Waals surface area (Å²) in [6.07, 6.45) is 2.75. The number of hydrogen-bond donors (Lipinski definition) is 1. The largest absolute Gasteiger partial charge is 0.313 e. The molecule has 0 spiro atoms. The van der Waals surface area contributed by atoms with Crippen molar-refractivity contribution in [2.45, 2.75) is 32.4 Å². The van der Waals surface area contributed by atoms with Crippen LogP contribution in [0.4, 0.5) is 4.39 Å². The molecule has 0 bridgehead atoms. The average Bonchev–Trinajstić information content (AvgIpc) is 3.16. The van der Waals surface area contributed by atoms with Crippen molar-refractivity contribution in [1.29, 1.82) is 0 Å². The van der Waals surface area contributed by atoms with E-state index in [1.165, 1.54) is 18.9 Å². The molecule has 100 valence electrons. The Labute approximate surface area is 109 Å². The Bertz CT molecular complexity index is 377. The lowest BCUT2D eigenvalue weighted by Gasteiger charge is -2.19. The summed E-state index contributed by atoms with van der Waals surface area (Å²) < 4.78 is 13.5. The number of halogens is 1. The standard InChI is InChI=1S/C15H23FN2/c1-12(13-7-8-13)17-9-10-18(2)11-14-5-3-4-6-15(14)16/h3-6,12-13,17H,7-11H2,1-2H3. The summed E-state index contributed by atoms with van der Waals surface area (Å²) in [5.74, 6) is 0.783. The van der Waals surface area contributed by atoms with Crippen LogP contribution in [0.5, 0.6) is 0 Å². The van der Waals surface area contributed by atoms with Gasteiger partial charge < -0.3 is 10.2 Å². The minimum absolute atomic E-state index is 0.108. The van der Waals surface area contributed by atoms with Crippen LogP contribution < -0.4 is 5.32 Å². The molecule has 3 heteroatoms. The molecule has 1 aromatic carbocycles. The molecule has 2 nitrogen and oxygen atoms in total. The topological polar surface area (TPSA) is 15.3 Å². The number of hydrogen-bond acceptors (Lipinski definition) is 2. The number of benzene rings is 1. The molecule has 1 fully saturated rings. The second kappa shape index (κ2) is 6.30. The smallest absolute Gasteiger partial charge is 0.127 e. The molecule has 1 unspecified atom stereocenters. The van der Waals surface area contributed by atoms with Gasteiger partial charge in [0, 0.05) is 31.2 Å². The summed E-state index contributed by atoms with van der Waals surface area (Å²) in [6.45, 7) is 4.86. The predicted molar refractivity (Wildman–Crippen MR) is 72.9 cm³/mol. The van der Waals surface area contributed by atoms with Gasteiger partial charge in [-0.2, -0.15) is 0 Å². The predicted octanol–water partition coefficient (Wildman–Crippen LogP) is 2.65. The Kier molecular flexibility index (Phi) is 4.72. The SMILES string of the molecule is CC(NCCN(C)Cc1ccccc1F)C1CC1. The third-order valence-electron chi connectivity index (χ3n) is 3.69. The highest BCUT2D eigenvalue weighted by Crippen LogP contribution is 2.32. The van der Waals surface area contributed by atoms with Crippen molar-refractivity contribution in [3.63, 3.8) is 0 Å². The van der Waals surface area contributed by atoms with E-state index in [1.54, 1.807) is 6.07 Å². The summed E-state index contributed by atoms with van der Waals surface area (Å²) >= 11 is 0. The highest BCUT2D eigenvalue weighted by atomic mass is 19.1. The molecule has 0 aliphatic heterocycles. The van der Waals surface area contributed by atoms with Crippen LogP contribution in [-0.4, -0.2) is 31.1 Å². The number of rotatable bonds is 7. The highest BCUT2D eigenvalue weighted by molar-refractivity contribution is 5.16. The first kappa shape index (κ1) is 13.5. The molecule has 1 aromatic rings. The van der Waals surface area contributed by atoms with Crippen molar-refractivity contribution < 1.29 is 4.39 Å². The van der Waals surface area contributed by atoms with E-state index in [9.17, 15) is 4.39 Å². The lowest BCUT2D eigenvalue weighted by molar-refractivity contribution is 0.310. The van der Waals surface area contributed by atoms with Crippen LogP contribution in [0.1, 0.15) is 25.3 Å². The Hall–Kier alpha value is -0.930. The molecule has 18 heavy (non-hydrogen) atoms. The van der Waals surface area contributed by atoms with Crippen molar-refractivity contribution in [1.82, 2.24) is 10.2 Å². The van der Waals surface area contributed by atoms with Crippen LogP contribution in [-0.2, 0) is 6.54 Å². The summed E-state index contributed by atoms with van der Waals surface area (Å²) in [4.78, 5) is 2.16. The van der Waals surface area contributed by atoms with E-state index in [2.05, 4.69) is 17.1 Å². The molecule has 2 rings (SSSR count). The second-order valence-electron chi connectivity index (χ2n) is 5.41. The normalized spacial score (nSPS) is 17.1. The number of nitrogens with zero attached hydrogens (tertiary/aromatic N) is 1. The fourth-order valence-electron chi connectivity index (χ4n) is 2.24. The van der Waals surface area contributed by atoms with Gasteiger partial charge in [-0.25, -0.2) is 4.39 Å². The highest BCUT2D eigenvalue weighted by Gasteiger charge is 2.27. The molecular formula is C15H23FN2. The Morgan fingerprint density at radius 1 is 1.39 bits per heavy atom. The summed E-state index contributed by atoms with van der Waals surface area (Å²) in [5.41, 5.74) is 0.773. The first-order chi connectivity index (χ1) is 8.66. The molecule has 0 saturated heterocycles. The zero-order chi connectivity index (χ0) is 13.0.